The maximum absolute atomic E-state index is 12.9. The van der Waals surface area contributed by atoms with Crippen LogP contribution in [-0.2, 0) is 0 Å². The van der Waals surface area contributed by atoms with Crippen LogP contribution in [0, 0.1) is 17.8 Å². The quantitative estimate of drug-likeness (QED) is 0.588. The van der Waals surface area contributed by atoms with Crippen LogP contribution in [0.3, 0.4) is 0 Å². The van der Waals surface area contributed by atoms with E-state index in [1.54, 1.807) is 0 Å². The Morgan fingerprint density at radius 2 is 2.00 bits per heavy atom. The van der Waals surface area contributed by atoms with Gasteiger partial charge in [-0.15, -0.1) is 0 Å². The van der Waals surface area contributed by atoms with Gasteiger partial charge in [-0.2, -0.15) is 0 Å². The molecule has 2 bridgehead atoms. The van der Waals surface area contributed by atoms with Gasteiger partial charge in [0.1, 0.15) is 6.17 Å². The number of nitrogens with two attached hydrogens (primary N) is 1. The molecule has 0 radical (unpaired) electrons. The molecule has 10 heavy (non-hydrogen) atoms. The van der Waals surface area contributed by atoms with Gasteiger partial charge in [0.15, 0.2) is 0 Å². The first-order valence-corrected chi connectivity index (χ1v) is 4.15. The Morgan fingerprint density at radius 3 is 2.40 bits per heavy atom. The molecule has 0 aromatic heterocycles. The van der Waals surface area contributed by atoms with Gasteiger partial charge in [-0.25, -0.2) is 4.39 Å². The molecule has 0 aliphatic heterocycles. The van der Waals surface area contributed by atoms with Crippen LogP contribution in [-0.4, -0.2) is 12.7 Å². The first-order valence-electron chi connectivity index (χ1n) is 4.15. The number of hydrogen-bond donors (Lipinski definition) is 1. The van der Waals surface area contributed by atoms with E-state index in [1.807, 2.05) is 0 Å². The molecule has 1 nitrogen and oxygen atoms in total. The Morgan fingerprint density at radius 1 is 1.20 bits per heavy atom. The minimum atomic E-state index is -0.493. The van der Waals surface area contributed by atoms with Gasteiger partial charge >= 0.3 is 0 Å². The van der Waals surface area contributed by atoms with E-state index in [9.17, 15) is 4.39 Å². The highest BCUT2D eigenvalue weighted by atomic mass is 19.1. The first-order chi connectivity index (χ1) is 4.81. The Kier molecular flexibility index (Phi) is 1.44. The van der Waals surface area contributed by atoms with Crippen LogP contribution in [0.5, 0.6) is 0 Å². The average Bonchev–Trinajstić information content (AvgIpc) is 2.44. The second kappa shape index (κ2) is 2.19. The third kappa shape index (κ3) is 0.782. The molecule has 2 rings (SSSR count). The molecule has 2 fully saturated rings. The fourth-order valence-electron chi connectivity index (χ4n) is 2.61. The second-order valence-electron chi connectivity index (χ2n) is 3.74. The molecule has 4 atom stereocenters. The van der Waals surface area contributed by atoms with Crippen molar-refractivity contribution in [2.24, 2.45) is 23.5 Å². The molecule has 0 spiro atoms. The Labute approximate surface area is 60.8 Å². The monoisotopic (exact) mass is 143 g/mol. The molecule has 2 saturated carbocycles. The zero-order valence-corrected chi connectivity index (χ0v) is 6.09. The summed E-state index contributed by atoms with van der Waals surface area (Å²) in [6, 6.07) is 0. The van der Waals surface area contributed by atoms with Crippen LogP contribution in [0.1, 0.15) is 19.3 Å². The van der Waals surface area contributed by atoms with Crippen molar-refractivity contribution in [3.63, 3.8) is 0 Å². The van der Waals surface area contributed by atoms with Gasteiger partial charge in [-0.3, -0.25) is 0 Å². The van der Waals surface area contributed by atoms with Crippen LogP contribution in [0.4, 0.5) is 4.39 Å². The normalized spacial score (nSPS) is 52.2. The van der Waals surface area contributed by atoms with Gasteiger partial charge in [-0.05, 0) is 43.6 Å². The highest BCUT2D eigenvalue weighted by Crippen LogP contribution is 2.49. The fourth-order valence-corrected chi connectivity index (χ4v) is 2.61. The third-order valence-electron chi connectivity index (χ3n) is 3.22. The molecule has 2 heteroatoms. The summed E-state index contributed by atoms with van der Waals surface area (Å²) in [7, 11) is 0. The topological polar surface area (TPSA) is 26.0 Å². The molecule has 2 aliphatic carbocycles. The lowest BCUT2D eigenvalue weighted by atomic mass is 9.88. The zero-order valence-electron chi connectivity index (χ0n) is 6.09. The summed E-state index contributed by atoms with van der Waals surface area (Å²) < 4.78 is 12.9. The number of hydrogen-bond acceptors (Lipinski definition) is 1. The first kappa shape index (κ1) is 6.59. The van der Waals surface area contributed by atoms with Crippen LogP contribution in [0.25, 0.3) is 0 Å². The molecule has 0 amide bonds. The van der Waals surface area contributed by atoms with Crippen molar-refractivity contribution >= 4 is 0 Å². The van der Waals surface area contributed by atoms with Crippen LogP contribution in [0.15, 0.2) is 0 Å². The molecule has 0 aromatic rings. The predicted octanol–water partition coefficient (Wildman–Crippen LogP) is 1.33. The van der Waals surface area contributed by atoms with Crippen molar-refractivity contribution in [2.75, 3.05) is 6.54 Å². The smallest absolute Gasteiger partial charge is 0.103 e. The lowest BCUT2D eigenvalue weighted by Gasteiger charge is -2.21. The van der Waals surface area contributed by atoms with E-state index in [-0.39, 0.29) is 0 Å². The van der Waals surface area contributed by atoms with E-state index >= 15 is 0 Å². The maximum Gasteiger partial charge on any atom is 0.103 e. The van der Waals surface area contributed by atoms with Crippen LogP contribution < -0.4 is 5.73 Å². The average molecular weight is 143 g/mol. The van der Waals surface area contributed by atoms with Crippen LogP contribution in [0.2, 0.25) is 0 Å². The summed E-state index contributed by atoms with van der Waals surface area (Å²) in [6.07, 6.45) is 2.48. The van der Waals surface area contributed by atoms with Gasteiger partial charge in [0.05, 0.1) is 0 Å². The minimum absolute atomic E-state index is 0.374. The number of alkyl halides is 1. The molecule has 2 aliphatic rings. The van der Waals surface area contributed by atoms with Gasteiger partial charge in [0, 0.05) is 0 Å². The van der Waals surface area contributed by atoms with Crippen molar-refractivity contribution in [3.05, 3.63) is 0 Å². The summed E-state index contributed by atoms with van der Waals surface area (Å²) >= 11 is 0. The molecule has 0 aromatic carbocycles. The van der Waals surface area contributed by atoms with E-state index in [2.05, 4.69) is 0 Å². The van der Waals surface area contributed by atoms with Crippen molar-refractivity contribution in [3.8, 4) is 0 Å². The molecular weight excluding hydrogens is 129 g/mol. The molecule has 0 heterocycles. The van der Waals surface area contributed by atoms with Gasteiger partial charge in [0.2, 0.25) is 0 Å². The van der Waals surface area contributed by atoms with Gasteiger partial charge < -0.3 is 5.73 Å². The molecular formula is C8H14FN. The van der Waals surface area contributed by atoms with Crippen molar-refractivity contribution in [1.29, 1.82) is 0 Å². The zero-order chi connectivity index (χ0) is 7.14. The second-order valence-corrected chi connectivity index (χ2v) is 3.74. The maximum atomic E-state index is 12.9. The SMILES string of the molecule is NCC1CC2CC1CC2F. The summed E-state index contributed by atoms with van der Waals surface area (Å²) in [4.78, 5) is 0. The molecule has 58 valence electrons. The summed E-state index contributed by atoms with van der Waals surface area (Å²) in [6.45, 7) is 0.772. The Hall–Kier alpha value is -0.110. The lowest BCUT2D eigenvalue weighted by Crippen LogP contribution is -2.24. The standard InChI is InChI=1S/C8H14FN/c9-8-3-5-1-6(8)2-7(5)4-10/h5-8H,1-4,10H2. The van der Waals surface area contributed by atoms with Crippen LogP contribution >= 0.6 is 0 Å². The van der Waals surface area contributed by atoms with Crippen molar-refractivity contribution in [1.82, 2.24) is 0 Å². The fraction of sp³-hybridized carbons (Fsp3) is 1.00. The largest absolute Gasteiger partial charge is 0.330 e. The number of halogens is 1. The molecule has 2 N–H and O–H groups in total. The minimum Gasteiger partial charge on any atom is -0.330 e. The molecule has 4 unspecified atom stereocenters. The Bertz CT molecular complexity index is 135. The summed E-state index contributed by atoms with van der Waals surface area (Å²) in [5, 5.41) is 0. The van der Waals surface area contributed by atoms with E-state index in [1.165, 1.54) is 0 Å². The highest BCUT2D eigenvalue weighted by Gasteiger charge is 2.45. The number of rotatable bonds is 1. The predicted molar refractivity (Wildman–Crippen MR) is 38.3 cm³/mol. The van der Waals surface area contributed by atoms with E-state index < -0.39 is 6.17 Å². The lowest BCUT2D eigenvalue weighted by molar-refractivity contribution is 0.195. The third-order valence-corrected chi connectivity index (χ3v) is 3.22. The summed E-state index contributed by atoms with van der Waals surface area (Å²) in [5.74, 6) is 1.65. The Balaban J connectivity index is 2.02. The molecule has 0 saturated heterocycles. The van der Waals surface area contributed by atoms with Gasteiger partial charge in [0.25, 0.3) is 0 Å². The van der Waals surface area contributed by atoms with E-state index in [0.717, 1.165) is 25.8 Å². The van der Waals surface area contributed by atoms with Crippen molar-refractivity contribution < 1.29 is 4.39 Å². The van der Waals surface area contributed by atoms with Crippen molar-refractivity contribution in [2.45, 2.75) is 25.4 Å². The highest BCUT2D eigenvalue weighted by molar-refractivity contribution is 4.95. The number of fused-ring (bicyclic) bond motifs is 2. The van der Waals surface area contributed by atoms with Gasteiger partial charge in [-0.1, -0.05) is 0 Å². The van der Waals surface area contributed by atoms with E-state index in [4.69, 9.17) is 5.73 Å². The summed E-state index contributed by atoms with van der Waals surface area (Å²) in [5.41, 5.74) is 5.54. The van der Waals surface area contributed by atoms with E-state index in [0.29, 0.717) is 17.8 Å².